The second kappa shape index (κ2) is 4.63. The molecule has 1 heterocycles. The van der Waals surface area contributed by atoms with Crippen LogP contribution in [-0.4, -0.2) is 28.1 Å². The van der Waals surface area contributed by atoms with Crippen molar-refractivity contribution in [3.05, 3.63) is 12.0 Å². The molecule has 1 rings (SSSR count). The highest BCUT2D eigenvalue weighted by molar-refractivity contribution is 5.98. The Bertz CT molecular complexity index is 390. The van der Waals surface area contributed by atoms with Crippen LogP contribution in [0.25, 0.3) is 0 Å². The molecule has 0 aromatic carbocycles. The summed E-state index contributed by atoms with van der Waals surface area (Å²) in [5, 5.41) is 0. The Hall–Kier alpha value is -1.52. The molecule has 0 atom stereocenters. The van der Waals surface area contributed by atoms with E-state index in [0.717, 1.165) is 0 Å². The fourth-order valence-electron chi connectivity index (χ4n) is 1.59. The summed E-state index contributed by atoms with van der Waals surface area (Å²) in [5.41, 5.74) is -1.27. The molecular weight excluding hydrogens is 234 g/mol. The van der Waals surface area contributed by atoms with E-state index in [0.29, 0.717) is 6.42 Å². The number of carbonyl (C=O) groups is 2. The first-order valence-corrected chi connectivity index (χ1v) is 6.03. The number of nitrogens with zero attached hydrogens (tertiary/aromatic N) is 1. The fourth-order valence-corrected chi connectivity index (χ4v) is 1.59. The summed E-state index contributed by atoms with van der Waals surface area (Å²) in [4.78, 5) is 25.2. The number of allylic oxidation sites excluding steroid dienone is 1. The molecule has 5 heteroatoms. The number of hydrogen-bond acceptors (Lipinski definition) is 4. The van der Waals surface area contributed by atoms with Gasteiger partial charge in [-0.05, 0) is 34.6 Å². The quantitative estimate of drug-likeness (QED) is 0.761. The van der Waals surface area contributed by atoms with Crippen LogP contribution < -0.4 is 0 Å². The monoisotopic (exact) mass is 255 g/mol. The van der Waals surface area contributed by atoms with Gasteiger partial charge in [0.05, 0.1) is 0 Å². The van der Waals surface area contributed by atoms with Crippen molar-refractivity contribution in [3.8, 4) is 0 Å². The summed E-state index contributed by atoms with van der Waals surface area (Å²) in [7, 11) is 0. The van der Waals surface area contributed by atoms with E-state index in [1.165, 1.54) is 11.2 Å². The first-order chi connectivity index (χ1) is 8.08. The topological polar surface area (TPSA) is 55.8 Å². The molecule has 0 saturated carbocycles. The van der Waals surface area contributed by atoms with Gasteiger partial charge in [-0.1, -0.05) is 6.92 Å². The third-order valence-electron chi connectivity index (χ3n) is 2.42. The van der Waals surface area contributed by atoms with Gasteiger partial charge in [-0.3, -0.25) is 4.79 Å². The van der Waals surface area contributed by atoms with Gasteiger partial charge in [0.25, 0.3) is 0 Å². The molecule has 0 N–H and O–H groups in total. The van der Waals surface area contributed by atoms with Gasteiger partial charge < -0.3 is 9.47 Å². The lowest BCUT2D eigenvalue weighted by atomic mass is 10.2. The molecule has 5 nitrogen and oxygen atoms in total. The Morgan fingerprint density at radius 1 is 1.39 bits per heavy atom. The summed E-state index contributed by atoms with van der Waals surface area (Å²) in [6.07, 6.45) is 1.07. The zero-order valence-electron chi connectivity index (χ0n) is 11.9. The summed E-state index contributed by atoms with van der Waals surface area (Å²) in [5.74, 6) is -0.147. The molecule has 1 amide bonds. The maximum absolute atomic E-state index is 12.1. The summed E-state index contributed by atoms with van der Waals surface area (Å²) in [6, 6.07) is 0. The van der Waals surface area contributed by atoms with Crippen molar-refractivity contribution in [1.29, 1.82) is 0 Å². The van der Waals surface area contributed by atoms with Crippen molar-refractivity contribution in [1.82, 2.24) is 4.90 Å². The number of rotatable bonds is 2. The van der Waals surface area contributed by atoms with E-state index < -0.39 is 17.4 Å². The molecule has 18 heavy (non-hydrogen) atoms. The van der Waals surface area contributed by atoms with Crippen molar-refractivity contribution in [2.45, 2.75) is 59.3 Å². The predicted molar refractivity (Wildman–Crippen MR) is 66.6 cm³/mol. The summed E-state index contributed by atoms with van der Waals surface area (Å²) < 4.78 is 10.7. The van der Waals surface area contributed by atoms with E-state index in [-0.39, 0.29) is 11.5 Å². The van der Waals surface area contributed by atoms with Crippen LogP contribution in [0.1, 0.15) is 48.0 Å². The van der Waals surface area contributed by atoms with E-state index in [1.807, 2.05) is 0 Å². The van der Waals surface area contributed by atoms with E-state index in [1.54, 1.807) is 41.5 Å². The highest BCUT2D eigenvalue weighted by atomic mass is 16.6. The molecule has 0 spiro atoms. The Morgan fingerprint density at radius 2 is 1.94 bits per heavy atom. The molecule has 0 unspecified atom stereocenters. The van der Waals surface area contributed by atoms with Crippen LogP contribution in [0.2, 0.25) is 0 Å². The standard InChI is InChI=1S/C13H21NO4/c1-7-10(15)9-8-17-13(5,6)14(9)11(16)18-12(2,3)4/h8H,7H2,1-6H3. The van der Waals surface area contributed by atoms with Crippen LogP contribution in [-0.2, 0) is 14.3 Å². The molecule has 0 saturated heterocycles. The second-order valence-electron chi connectivity index (χ2n) is 5.66. The lowest BCUT2D eigenvalue weighted by molar-refractivity contribution is -0.118. The highest BCUT2D eigenvalue weighted by Gasteiger charge is 2.44. The Morgan fingerprint density at radius 3 is 2.39 bits per heavy atom. The van der Waals surface area contributed by atoms with Crippen LogP contribution >= 0.6 is 0 Å². The third kappa shape index (κ3) is 3.03. The van der Waals surface area contributed by atoms with Crippen LogP contribution in [0.5, 0.6) is 0 Å². The van der Waals surface area contributed by atoms with Crippen LogP contribution in [0, 0.1) is 0 Å². The average molecular weight is 255 g/mol. The van der Waals surface area contributed by atoms with Crippen molar-refractivity contribution in [2.24, 2.45) is 0 Å². The normalized spacial score (nSPS) is 18.1. The van der Waals surface area contributed by atoms with Gasteiger partial charge in [-0.2, -0.15) is 0 Å². The largest absolute Gasteiger partial charge is 0.473 e. The number of ketones is 1. The minimum absolute atomic E-state index is 0.147. The third-order valence-corrected chi connectivity index (χ3v) is 2.42. The molecule has 0 fully saturated rings. The molecular formula is C13H21NO4. The van der Waals surface area contributed by atoms with Gasteiger partial charge in [0, 0.05) is 6.42 Å². The number of ether oxygens (including phenoxy) is 2. The molecule has 0 radical (unpaired) electrons. The van der Waals surface area contributed by atoms with E-state index >= 15 is 0 Å². The maximum atomic E-state index is 12.1. The number of amides is 1. The second-order valence-corrected chi connectivity index (χ2v) is 5.66. The molecule has 1 aliphatic heterocycles. The zero-order valence-corrected chi connectivity index (χ0v) is 11.9. The van der Waals surface area contributed by atoms with Gasteiger partial charge in [0.2, 0.25) is 0 Å². The van der Waals surface area contributed by atoms with Gasteiger partial charge in [-0.15, -0.1) is 0 Å². The molecule has 0 bridgehead atoms. The number of Topliss-reactive ketones (excluding diaryl/α,β-unsaturated/α-hetero) is 1. The Balaban J connectivity index is 2.98. The first kappa shape index (κ1) is 14.5. The SMILES string of the molecule is CCC(=O)C1=COC(C)(C)N1C(=O)OC(C)(C)C. The van der Waals surface area contributed by atoms with Crippen molar-refractivity contribution in [2.75, 3.05) is 0 Å². The average Bonchev–Trinajstić information content (AvgIpc) is 2.50. The van der Waals surface area contributed by atoms with Gasteiger partial charge in [0.1, 0.15) is 17.6 Å². The Labute approximate surface area is 108 Å². The van der Waals surface area contributed by atoms with Crippen LogP contribution in [0.3, 0.4) is 0 Å². The molecule has 0 aromatic heterocycles. The Kier molecular flexibility index (Phi) is 3.74. The lowest BCUT2D eigenvalue weighted by Crippen LogP contribution is -2.47. The number of hydrogen-bond donors (Lipinski definition) is 0. The van der Waals surface area contributed by atoms with Gasteiger partial charge >= 0.3 is 6.09 Å². The minimum Gasteiger partial charge on any atom is -0.473 e. The van der Waals surface area contributed by atoms with Crippen LogP contribution in [0.4, 0.5) is 4.79 Å². The molecule has 0 aliphatic carbocycles. The smallest absolute Gasteiger partial charge is 0.418 e. The molecule has 1 aliphatic rings. The summed E-state index contributed by atoms with van der Waals surface area (Å²) >= 11 is 0. The van der Waals surface area contributed by atoms with E-state index in [9.17, 15) is 9.59 Å². The van der Waals surface area contributed by atoms with Crippen LogP contribution in [0.15, 0.2) is 12.0 Å². The van der Waals surface area contributed by atoms with Gasteiger partial charge in [0.15, 0.2) is 11.5 Å². The van der Waals surface area contributed by atoms with E-state index in [4.69, 9.17) is 9.47 Å². The van der Waals surface area contributed by atoms with Crippen molar-refractivity contribution >= 4 is 11.9 Å². The fraction of sp³-hybridized carbons (Fsp3) is 0.692. The predicted octanol–water partition coefficient (Wildman–Crippen LogP) is 2.81. The van der Waals surface area contributed by atoms with Crippen molar-refractivity contribution in [3.63, 3.8) is 0 Å². The molecule has 102 valence electrons. The highest BCUT2D eigenvalue weighted by Crippen LogP contribution is 2.31. The summed E-state index contributed by atoms with van der Waals surface area (Å²) in [6.45, 7) is 10.5. The minimum atomic E-state index is -0.900. The number of carbonyl (C=O) groups excluding carboxylic acids is 2. The zero-order chi connectivity index (χ0) is 14.1. The van der Waals surface area contributed by atoms with Gasteiger partial charge in [-0.25, -0.2) is 9.69 Å². The maximum Gasteiger partial charge on any atom is 0.418 e. The first-order valence-electron chi connectivity index (χ1n) is 6.03. The van der Waals surface area contributed by atoms with Crippen molar-refractivity contribution < 1.29 is 19.1 Å². The lowest BCUT2D eigenvalue weighted by Gasteiger charge is -2.33. The molecule has 0 aromatic rings. The van der Waals surface area contributed by atoms with E-state index in [2.05, 4.69) is 0 Å².